The Morgan fingerprint density at radius 2 is 1.93 bits per heavy atom. The molecule has 1 N–H and O–H groups in total. The highest BCUT2D eigenvalue weighted by Crippen LogP contribution is 2.21. The average Bonchev–Trinajstić information content (AvgIpc) is 2.47. The van der Waals surface area contributed by atoms with E-state index in [2.05, 4.69) is 31.0 Å². The second-order valence-electron chi connectivity index (χ2n) is 4.40. The van der Waals surface area contributed by atoms with E-state index in [-0.39, 0.29) is 0 Å². The maximum atomic E-state index is 3.49. The summed E-state index contributed by atoms with van der Waals surface area (Å²) in [4.78, 5) is 2.59. The van der Waals surface area contributed by atoms with Crippen LogP contribution in [-0.4, -0.2) is 37.1 Å². The summed E-state index contributed by atoms with van der Waals surface area (Å²) in [5, 5.41) is 3.49. The first kappa shape index (κ1) is 12.0. The number of hydrogen-bond acceptors (Lipinski definition) is 2. The smallest absolute Gasteiger partial charge is 0.00954 e. The first-order chi connectivity index (χ1) is 6.79. The van der Waals surface area contributed by atoms with E-state index in [0.29, 0.717) is 0 Å². The molecule has 1 fully saturated rings. The highest BCUT2D eigenvalue weighted by molar-refractivity contribution is 4.77. The number of hydrogen-bond donors (Lipinski definition) is 1. The van der Waals surface area contributed by atoms with Crippen molar-refractivity contribution < 1.29 is 0 Å². The molecule has 0 amide bonds. The van der Waals surface area contributed by atoms with Crippen molar-refractivity contribution >= 4 is 0 Å². The van der Waals surface area contributed by atoms with E-state index in [0.717, 1.165) is 12.0 Å². The third kappa shape index (κ3) is 3.25. The molecule has 84 valence electrons. The Hall–Kier alpha value is -0.0800. The van der Waals surface area contributed by atoms with Crippen LogP contribution in [-0.2, 0) is 0 Å². The molecule has 1 rings (SSSR count). The minimum atomic E-state index is 0.768. The Morgan fingerprint density at radius 1 is 1.21 bits per heavy atom. The molecule has 0 saturated carbocycles. The summed E-state index contributed by atoms with van der Waals surface area (Å²) >= 11 is 0. The SMILES string of the molecule is CCN(CC)C(C)C1CCCNCC1. The molecular weight excluding hydrogens is 172 g/mol. The minimum absolute atomic E-state index is 0.768. The summed E-state index contributed by atoms with van der Waals surface area (Å²) < 4.78 is 0. The highest BCUT2D eigenvalue weighted by Gasteiger charge is 2.22. The fourth-order valence-corrected chi connectivity index (χ4v) is 2.63. The minimum Gasteiger partial charge on any atom is -0.317 e. The number of rotatable bonds is 4. The molecule has 1 aliphatic rings. The van der Waals surface area contributed by atoms with Crippen molar-refractivity contribution in [3.05, 3.63) is 0 Å². The largest absolute Gasteiger partial charge is 0.317 e. The normalized spacial score (nSPS) is 26.1. The van der Waals surface area contributed by atoms with Crippen molar-refractivity contribution in [3.63, 3.8) is 0 Å². The Balaban J connectivity index is 2.43. The van der Waals surface area contributed by atoms with Gasteiger partial charge in [0.05, 0.1) is 0 Å². The molecule has 0 bridgehead atoms. The van der Waals surface area contributed by atoms with Gasteiger partial charge in [-0.25, -0.2) is 0 Å². The van der Waals surface area contributed by atoms with Crippen LogP contribution < -0.4 is 5.32 Å². The van der Waals surface area contributed by atoms with E-state index in [1.807, 2.05) is 0 Å². The standard InChI is InChI=1S/C12H26N2/c1-4-14(5-2)11(3)12-7-6-9-13-10-8-12/h11-13H,4-10H2,1-3H3. The van der Waals surface area contributed by atoms with Crippen molar-refractivity contribution in [2.75, 3.05) is 26.2 Å². The summed E-state index contributed by atoms with van der Waals surface area (Å²) in [6.45, 7) is 11.8. The molecule has 2 heteroatoms. The lowest BCUT2D eigenvalue weighted by Gasteiger charge is -2.32. The maximum absolute atomic E-state index is 3.49. The molecule has 0 radical (unpaired) electrons. The third-order valence-electron chi connectivity index (χ3n) is 3.69. The van der Waals surface area contributed by atoms with Gasteiger partial charge in [-0.2, -0.15) is 0 Å². The second kappa shape index (κ2) is 6.41. The van der Waals surface area contributed by atoms with E-state index in [9.17, 15) is 0 Å². The summed E-state index contributed by atoms with van der Waals surface area (Å²) in [6, 6.07) is 0.768. The molecule has 2 unspecified atom stereocenters. The predicted octanol–water partition coefficient (Wildman–Crippen LogP) is 2.11. The quantitative estimate of drug-likeness (QED) is 0.744. The van der Waals surface area contributed by atoms with Crippen LogP contribution in [0.1, 0.15) is 40.0 Å². The van der Waals surface area contributed by atoms with Crippen LogP contribution in [0.2, 0.25) is 0 Å². The molecule has 0 aromatic carbocycles. The lowest BCUT2D eigenvalue weighted by atomic mass is 9.92. The molecule has 1 heterocycles. The highest BCUT2D eigenvalue weighted by atomic mass is 15.1. The molecule has 0 aliphatic carbocycles. The van der Waals surface area contributed by atoms with Crippen molar-refractivity contribution in [2.24, 2.45) is 5.92 Å². The zero-order chi connectivity index (χ0) is 10.4. The molecule has 1 saturated heterocycles. The average molecular weight is 198 g/mol. The Morgan fingerprint density at radius 3 is 2.57 bits per heavy atom. The van der Waals surface area contributed by atoms with Crippen LogP contribution >= 0.6 is 0 Å². The van der Waals surface area contributed by atoms with Crippen molar-refractivity contribution in [3.8, 4) is 0 Å². The Bertz CT molecular complexity index is 135. The summed E-state index contributed by atoms with van der Waals surface area (Å²) in [5.74, 6) is 0.907. The van der Waals surface area contributed by atoms with Gasteiger partial charge in [-0.1, -0.05) is 13.8 Å². The molecular formula is C12H26N2. The van der Waals surface area contributed by atoms with E-state index < -0.39 is 0 Å². The Labute approximate surface area is 89.1 Å². The molecule has 0 spiro atoms. The van der Waals surface area contributed by atoms with Crippen LogP contribution in [0, 0.1) is 5.92 Å². The van der Waals surface area contributed by atoms with Crippen LogP contribution in [0.4, 0.5) is 0 Å². The molecule has 0 aromatic rings. The summed E-state index contributed by atoms with van der Waals surface area (Å²) in [6.07, 6.45) is 4.12. The van der Waals surface area contributed by atoms with Gasteiger partial charge in [0.15, 0.2) is 0 Å². The summed E-state index contributed by atoms with van der Waals surface area (Å²) in [5.41, 5.74) is 0. The van der Waals surface area contributed by atoms with E-state index in [1.54, 1.807) is 0 Å². The fourth-order valence-electron chi connectivity index (χ4n) is 2.63. The van der Waals surface area contributed by atoms with Crippen LogP contribution in [0.25, 0.3) is 0 Å². The van der Waals surface area contributed by atoms with Gasteiger partial charge in [0, 0.05) is 6.04 Å². The van der Waals surface area contributed by atoms with Crippen LogP contribution in [0.5, 0.6) is 0 Å². The molecule has 1 aliphatic heterocycles. The first-order valence-corrected chi connectivity index (χ1v) is 6.24. The van der Waals surface area contributed by atoms with E-state index >= 15 is 0 Å². The van der Waals surface area contributed by atoms with Gasteiger partial charge in [0.1, 0.15) is 0 Å². The Kier molecular flexibility index (Phi) is 5.49. The van der Waals surface area contributed by atoms with Crippen LogP contribution in [0.15, 0.2) is 0 Å². The predicted molar refractivity (Wildman–Crippen MR) is 62.6 cm³/mol. The van der Waals surface area contributed by atoms with Crippen LogP contribution in [0.3, 0.4) is 0 Å². The van der Waals surface area contributed by atoms with Crippen molar-refractivity contribution in [1.82, 2.24) is 10.2 Å². The molecule has 14 heavy (non-hydrogen) atoms. The number of nitrogens with one attached hydrogen (secondary N) is 1. The molecule has 2 nitrogen and oxygen atoms in total. The topological polar surface area (TPSA) is 15.3 Å². The van der Waals surface area contributed by atoms with Gasteiger partial charge in [0.25, 0.3) is 0 Å². The van der Waals surface area contributed by atoms with Crippen molar-refractivity contribution in [2.45, 2.75) is 46.1 Å². The maximum Gasteiger partial charge on any atom is 0.00954 e. The van der Waals surface area contributed by atoms with E-state index in [1.165, 1.54) is 45.4 Å². The van der Waals surface area contributed by atoms with Crippen molar-refractivity contribution in [1.29, 1.82) is 0 Å². The zero-order valence-electron chi connectivity index (χ0n) is 10.1. The second-order valence-corrected chi connectivity index (χ2v) is 4.40. The lowest BCUT2D eigenvalue weighted by Crippen LogP contribution is -2.38. The first-order valence-electron chi connectivity index (χ1n) is 6.24. The monoisotopic (exact) mass is 198 g/mol. The van der Waals surface area contributed by atoms with Gasteiger partial charge < -0.3 is 10.2 Å². The third-order valence-corrected chi connectivity index (χ3v) is 3.69. The molecule has 0 aromatic heterocycles. The van der Waals surface area contributed by atoms with Gasteiger partial charge >= 0.3 is 0 Å². The lowest BCUT2D eigenvalue weighted by molar-refractivity contribution is 0.160. The van der Waals surface area contributed by atoms with Gasteiger partial charge in [-0.05, 0) is 58.3 Å². The van der Waals surface area contributed by atoms with Gasteiger partial charge in [0.2, 0.25) is 0 Å². The van der Waals surface area contributed by atoms with Gasteiger partial charge in [-0.3, -0.25) is 0 Å². The van der Waals surface area contributed by atoms with E-state index in [4.69, 9.17) is 0 Å². The fraction of sp³-hybridized carbons (Fsp3) is 1.00. The molecule has 2 atom stereocenters. The van der Waals surface area contributed by atoms with Gasteiger partial charge in [-0.15, -0.1) is 0 Å². The summed E-state index contributed by atoms with van der Waals surface area (Å²) in [7, 11) is 0. The number of nitrogens with zero attached hydrogens (tertiary/aromatic N) is 1. The zero-order valence-corrected chi connectivity index (χ0v) is 10.1.